The molecule has 1 aromatic heterocycles. The fraction of sp³-hybridized carbons (Fsp3) is 0.368. The van der Waals surface area contributed by atoms with E-state index < -0.39 is 11.6 Å². The first-order chi connectivity index (χ1) is 12.0. The van der Waals surface area contributed by atoms with Crippen LogP contribution in [-0.4, -0.2) is 22.1 Å². The monoisotopic (exact) mass is 346 g/mol. The fourth-order valence-corrected chi connectivity index (χ4v) is 3.09. The van der Waals surface area contributed by atoms with Crippen molar-refractivity contribution in [3.63, 3.8) is 0 Å². The highest BCUT2D eigenvalue weighted by Crippen LogP contribution is 2.37. The molecule has 6 heteroatoms. The zero-order valence-corrected chi connectivity index (χ0v) is 13.7. The smallest absolute Gasteiger partial charge is 0.220 e. The zero-order chi connectivity index (χ0) is 17.8. The quantitative estimate of drug-likeness (QED) is 0.845. The van der Waals surface area contributed by atoms with Crippen molar-refractivity contribution >= 4 is 5.91 Å². The highest BCUT2D eigenvalue weighted by Gasteiger charge is 2.36. The number of amides is 1. The molecule has 1 amide bonds. The molecule has 1 aromatic carbocycles. The Balaban J connectivity index is 1.61. The summed E-state index contributed by atoms with van der Waals surface area (Å²) in [6.45, 7) is 0. The van der Waals surface area contributed by atoms with Gasteiger partial charge in [0, 0.05) is 12.6 Å². The van der Waals surface area contributed by atoms with Crippen molar-refractivity contribution in [2.45, 2.75) is 37.8 Å². The molecule has 0 unspecified atom stereocenters. The summed E-state index contributed by atoms with van der Waals surface area (Å²) in [5.41, 5.74) is 1.34. The Hall–Kier alpha value is -2.34. The summed E-state index contributed by atoms with van der Waals surface area (Å²) >= 11 is 0. The number of hydrogen-bond acceptors (Lipinski definition) is 3. The largest absolute Gasteiger partial charge is 0.393 e. The molecule has 0 radical (unpaired) electrons. The second-order valence-corrected chi connectivity index (χ2v) is 6.43. The molecule has 1 atom stereocenters. The van der Waals surface area contributed by atoms with E-state index in [2.05, 4.69) is 10.3 Å². The molecule has 25 heavy (non-hydrogen) atoms. The van der Waals surface area contributed by atoms with Gasteiger partial charge in [0.05, 0.1) is 17.8 Å². The number of nitrogens with zero attached hydrogens (tertiary/aromatic N) is 1. The van der Waals surface area contributed by atoms with E-state index in [9.17, 15) is 18.7 Å². The molecule has 0 bridgehead atoms. The van der Waals surface area contributed by atoms with Gasteiger partial charge >= 0.3 is 0 Å². The minimum atomic E-state index is -0.910. The molecule has 1 heterocycles. The van der Waals surface area contributed by atoms with Gasteiger partial charge in [-0.15, -0.1) is 0 Å². The summed E-state index contributed by atoms with van der Waals surface area (Å²) in [7, 11) is 0. The maximum atomic E-state index is 13.2. The average molecular weight is 346 g/mol. The van der Waals surface area contributed by atoms with Crippen LogP contribution in [0.4, 0.5) is 8.78 Å². The Bertz CT molecular complexity index is 733. The van der Waals surface area contributed by atoms with E-state index >= 15 is 0 Å². The highest BCUT2D eigenvalue weighted by molar-refractivity contribution is 5.76. The van der Waals surface area contributed by atoms with E-state index in [1.807, 2.05) is 12.1 Å². The molecular formula is C19H20F2N2O2. The Labute approximate surface area is 144 Å². The topological polar surface area (TPSA) is 62.2 Å². The van der Waals surface area contributed by atoms with Gasteiger partial charge in [0.2, 0.25) is 5.91 Å². The van der Waals surface area contributed by atoms with Gasteiger partial charge in [0.1, 0.15) is 0 Å². The van der Waals surface area contributed by atoms with Gasteiger partial charge in [-0.25, -0.2) is 8.78 Å². The van der Waals surface area contributed by atoms with Gasteiger partial charge in [0.25, 0.3) is 0 Å². The molecular weight excluding hydrogens is 326 g/mol. The second-order valence-electron chi connectivity index (χ2n) is 6.43. The zero-order valence-electron chi connectivity index (χ0n) is 13.7. The maximum absolute atomic E-state index is 13.2. The summed E-state index contributed by atoms with van der Waals surface area (Å²) in [5, 5.41) is 12.5. The van der Waals surface area contributed by atoms with Gasteiger partial charge < -0.3 is 10.4 Å². The third kappa shape index (κ3) is 4.39. The highest BCUT2D eigenvalue weighted by atomic mass is 19.2. The molecule has 1 saturated carbocycles. The van der Waals surface area contributed by atoms with E-state index in [4.69, 9.17) is 0 Å². The molecule has 0 aliphatic heterocycles. The number of nitrogens with one attached hydrogen (secondary N) is 1. The van der Waals surface area contributed by atoms with Crippen LogP contribution < -0.4 is 5.32 Å². The van der Waals surface area contributed by atoms with Crippen LogP contribution in [0.2, 0.25) is 0 Å². The third-order valence-corrected chi connectivity index (χ3v) is 4.57. The van der Waals surface area contributed by atoms with E-state index in [1.54, 1.807) is 12.3 Å². The molecule has 4 nitrogen and oxygen atoms in total. The van der Waals surface area contributed by atoms with Crippen LogP contribution in [0.3, 0.4) is 0 Å². The van der Waals surface area contributed by atoms with Crippen molar-refractivity contribution in [3.05, 3.63) is 65.5 Å². The van der Waals surface area contributed by atoms with Crippen LogP contribution in [0.1, 0.15) is 36.6 Å². The molecule has 1 fully saturated rings. The van der Waals surface area contributed by atoms with Crippen LogP contribution >= 0.6 is 0 Å². The lowest BCUT2D eigenvalue weighted by Crippen LogP contribution is -2.41. The fourth-order valence-electron chi connectivity index (χ4n) is 3.09. The van der Waals surface area contributed by atoms with Crippen molar-refractivity contribution in [2.75, 3.05) is 0 Å². The SMILES string of the molecule is O=C(CCc1ccc(F)c(F)c1)N[C@@H](c1ccccn1)C1CC(O)C1. The number of benzene rings is 1. The van der Waals surface area contributed by atoms with Gasteiger partial charge in [-0.1, -0.05) is 12.1 Å². The Kier molecular flexibility index (Phi) is 5.38. The third-order valence-electron chi connectivity index (χ3n) is 4.57. The standard InChI is InChI=1S/C19H20F2N2O2/c20-15-6-4-12(9-16(15)21)5-7-18(25)23-19(13-10-14(24)11-13)17-3-1-2-8-22-17/h1-4,6,8-9,13-14,19,24H,5,7,10-11H2,(H,23,25)/t13?,14?,19-/m1/s1. The average Bonchev–Trinajstić information content (AvgIpc) is 2.59. The predicted octanol–water partition coefficient (Wildman–Crippen LogP) is 2.92. The van der Waals surface area contributed by atoms with Crippen molar-refractivity contribution in [2.24, 2.45) is 5.92 Å². The van der Waals surface area contributed by atoms with Gasteiger partial charge in [-0.2, -0.15) is 0 Å². The van der Waals surface area contributed by atoms with Crippen molar-refractivity contribution in [3.8, 4) is 0 Å². The summed E-state index contributed by atoms with van der Waals surface area (Å²) in [6, 6.07) is 8.92. The Morgan fingerprint density at radius 3 is 2.68 bits per heavy atom. The predicted molar refractivity (Wildman–Crippen MR) is 88.5 cm³/mol. The van der Waals surface area contributed by atoms with E-state index in [0.717, 1.165) is 17.8 Å². The number of hydrogen-bond donors (Lipinski definition) is 2. The number of halogens is 2. The van der Waals surface area contributed by atoms with Crippen LogP contribution in [0, 0.1) is 17.6 Å². The maximum Gasteiger partial charge on any atom is 0.220 e. The van der Waals surface area contributed by atoms with Gasteiger partial charge in [-0.3, -0.25) is 9.78 Å². The lowest BCUT2D eigenvalue weighted by molar-refractivity contribution is -0.123. The lowest BCUT2D eigenvalue weighted by atomic mass is 9.76. The summed E-state index contributed by atoms with van der Waals surface area (Å²) < 4.78 is 26.2. The first-order valence-corrected chi connectivity index (χ1v) is 8.35. The first-order valence-electron chi connectivity index (χ1n) is 8.35. The molecule has 2 N–H and O–H groups in total. The van der Waals surface area contributed by atoms with E-state index in [1.165, 1.54) is 6.07 Å². The molecule has 0 spiro atoms. The lowest BCUT2D eigenvalue weighted by Gasteiger charge is -2.37. The molecule has 3 rings (SSSR count). The Morgan fingerprint density at radius 2 is 2.04 bits per heavy atom. The Morgan fingerprint density at radius 1 is 1.24 bits per heavy atom. The number of aliphatic hydroxyl groups is 1. The number of aliphatic hydroxyl groups excluding tert-OH is 1. The van der Waals surface area contributed by atoms with Crippen LogP contribution in [0.15, 0.2) is 42.6 Å². The van der Waals surface area contributed by atoms with Crippen LogP contribution in [0.25, 0.3) is 0 Å². The minimum absolute atomic E-state index is 0.150. The minimum Gasteiger partial charge on any atom is -0.393 e. The molecule has 2 aromatic rings. The summed E-state index contributed by atoms with van der Waals surface area (Å²) in [4.78, 5) is 16.6. The van der Waals surface area contributed by atoms with E-state index in [-0.39, 0.29) is 30.4 Å². The summed E-state index contributed by atoms with van der Waals surface area (Å²) in [6.07, 6.45) is 3.10. The molecule has 1 aliphatic carbocycles. The van der Waals surface area contributed by atoms with Crippen molar-refractivity contribution in [1.29, 1.82) is 0 Å². The summed E-state index contributed by atoms with van der Waals surface area (Å²) in [5.74, 6) is -1.83. The van der Waals surface area contributed by atoms with Crippen molar-refractivity contribution < 1.29 is 18.7 Å². The normalized spacial score (nSPS) is 20.6. The van der Waals surface area contributed by atoms with Gasteiger partial charge in [0.15, 0.2) is 11.6 Å². The number of rotatable bonds is 6. The molecule has 132 valence electrons. The van der Waals surface area contributed by atoms with Crippen molar-refractivity contribution in [1.82, 2.24) is 10.3 Å². The van der Waals surface area contributed by atoms with Crippen LogP contribution in [0.5, 0.6) is 0 Å². The molecule has 0 saturated heterocycles. The number of aryl methyl sites for hydroxylation is 1. The number of carbonyl (C=O) groups is 1. The second kappa shape index (κ2) is 7.70. The number of aromatic nitrogens is 1. The molecule has 1 aliphatic rings. The van der Waals surface area contributed by atoms with Gasteiger partial charge in [-0.05, 0) is 55.0 Å². The van der Waals surface area contributed by atoms with E-state index in [0.29, 0.717) is 24.8 Å². The number of pyridine rings is 1. The number of carbonyl (C=O) groups excluding carboxylic acids is 1. The van der Waals surface area contributed by atoms with Crippen LogP contribution in [-0.2, 0) is 11.2 Å². The first kappa shape index (κ1) is 17.5.